The van der Waals surface area contributed by atoms with E-state index in [1.807, 2.05) is 0 Å². The largest absolute Gasteiger partial charge is 0.355 e. The van der Waals surface area contributed by atoms with Gasteiger partial charge in [-0.05, 0) is 64.9 Å². The number of thiocarbonyl (C=S) groups is 1. The second-order valence-electron chi connectivity index (χ2n) is 6.21. The lowest BCUT2D eigenvalue weighted by Crippen LogP contribution is -2.36. The van der Waals surface area contributed by atoms with E-state index in [1.54, 1.807) is 25.1 Å². The average Bonchev–Trinajstić information content (AvgIpc) is 3.11. The molecule has 12 heteroatoms. The molecule has 0 unspecified atom stereocenters. The van der Waals surface area contributed by atoms with Crippen molar-refractivity contribution in [3.63, 3.8) is 0 Å². The van der Waals surface area contributed by atoms with Crippen molar-refractivity contribution in [1.29, 1.82) is 0 Å². The summed E-state index contributed by atoms with van der Waals surface area (Å²) in [5.74, 6) is -0.617. The first kappa shape index (κ1) is 23.1. The second-order valence-corrected chi connectivity index (χ2v) is 8.27. The van der Waals surface area contributed by atoms with Crippen molar-refractivity contribution >= 4 is 74.0 Å². The highest BCUT2D eigenvalue weighted by Gasteiger charge is 2.21. The van der Waals surface area contributed by atoms with E-state index in [0.717, 1.165) is 0 Å². The Morgan fingerprint density at radius 1 is 1.19 bits per heavy atom. The monoisotopic (exact) mass is 540 g/mol. The average molecular weight is 542 g/mol. The lowest BCUT2D eigenvalue weighted by molar-refractivity contribution is 0.0959. The zero-order valence-electron chi connectivity index (χ0n) is 16.2. The third-order valence-electron chi connectivity index (χ3n) is 4.09. The maximum Gasteiger partial charge on any atom is 0.276 e. The summed E-state index contributed by atoms with van der Waals surface area (Å²) in [5, 5.41) is 12.9. The zero-order valence-corrected chi connectivity index (χ0v) is 20.1. The van der Waals surface area contributed by atoms with Gasteiger partial charge in [-0.25, -0.2) is 9.67 Å². The molecule has 2 amide bonds. The van der Waals surface area contributed by atoms with Crippen LogP contribution >= 0.6 is 51.3 Å². The third-order valence-corrected chi connectivity index (χ3v) is 5.19. The fourth-order valence-electron chi connectivity index (χ4n) is 2.74. The maximum absolute atomic E-state index is 12.9. The third kappa shape index (κ3) is 5.21. The molecule has 3 aromatic rings. The Labute approximate surface area is 201 Å². The fourth-order valence-corrected chi connectivity index (χ4v) is 3.79. The number of aromatic nitrogens is 3. The molecule has 0 aliphatic heterocycles. The SMILES string of the molecule is CNC(=O)c1cc(Cl)cc(C)c1NC(=S)NC(=O)c1cc(Br)nn1-c1ncccc1Cl. The van der Waals surface area contributed by atoms with Gasteiger partial charge in [0.25, 0.3) is 11.8 Å². The fraction of sp³-hybridized carbons (Fsp3) is 0.105. The Kier molecular flexibility index (Phi) is 7.26. The second kappa shape index (κ2) is 9.73. The highest BCUT2D eigenvalue weighted by atomic mass is 79.9. The number of carbonyl (C=O) groups is 2. The van der Waals surface area contributed by atoms with Gasteiger partial charge in [0.05, 0.1) is 16.3 Å². The van der Waals surface area contributed by atoms with Gasteiger partial charge in [0.15, 0.2) is 10.9 Å². The standard InChI is InChI=1S/C19H15BrCl2N6O2S/c1-9-6-10(21)7-11(17(29)23-2)15(9)25-19(31)26-18(30)13-8-14(20)27-28(13)16-12(22)4-3-5-24-16/h3-8H,1-2H3,(H,23,29)(H2,25,26,30,31). The molecule has 31 heavy (non-hydrogen) atoms. The van der Waals surface area contributed by atoms with Gasteiger partial charge in [-0.1, -0.05) is 23.2 Å². The molecule has 0 aliphatic rings. The van der Waals surface area contributed by atoms with E-state index in [0.29, 0.717) is 25.9 Å². The van der Waals surface area contributed by atoms with Gasteiger partial charge >= 0.3 is 0 Å². The summed E-state index contributed by atoms with van der Waals surface area (Å²) < 4.78 is 1.71. The van der Waals surface area contributed by atoms with Crippen molar-refractivity contribution in [1.82, 2.24) is 25.4 Å². The van der Waals surface area contributed by atoms with Crippen molar-refractivity contribution in [2.45, 2.75) is 6.92 Å². The number of pyridine rings is 1. The van der Waals surface area contributed by atoms with Crippen molar-refractivity contribution < 1.29 is 9.59 Å². The van der Waals surface area contributed by atoms with Crippen molar-refractivity contribution in [2.24, 2.45) is 0 Å². The lowest BCUT2D eigenvalue weighted by Gasteiger charge is -2.16. The van der Waals surface area contributed by atoms with Crippen molar-refractivity contribution in [3.8, 4) is 5.82 Å². The Hall–Kier alpha value is -2.53. The molecule has 0 bridgehead atoms. The Balaban J connectivity index is 1.86. The lowest BCUT2D eigenvalue weighted by atomic mass is 10.1. The highest BCUT2D eigenvalue weighted by Crippen LogP contribution is 2.26. The molecule has 1 aromatic carbocycles. The molecule has 3 rings (SSSR count). The summed E-state index contributed by atoms with van der Waals surface area (Å²) in [6.07, 6.45) is 1.54. The number of anilines is 1. The summed E-state index contributed by atoms with van der Waals surface area (Å²) in [6, 6.07) is 8.00. The van der Waals surface area contributed by atoms with Crippen LogP contribution in [-0.4, -0.2) is 38.7 Å². The summed E-state index contributed by atoms with van der Waals surface area (Å²) >= 11 is 20.8. The van der Waals surface area contributed by atoms with Crippen LogP contribution in [0.25, 0.3) is 5.82 Å². The van der Waals surface area contributed by atoms with Gasteiger partial charge < -0.3 is 10.6 Å². The quantitative estimate of drug-likeness (QED) is 0.429. The molecule has 0 aliphatic carbocycles. The summed E-state index contributed by atoms with van der Waals surface area (Å²) in [7, 11) is 1.50. The van der Waals surface area contributed by atoms with E-state index >= 15 is 0 Å². The summed E-state index contributed by atoms with van der Waals surface area (Å²) in [4.78, 5) is 29.3. The van der Waals surface area contributed by atoms with Gasteiger partial charge in [0.2, 0.25) is 0 Å². The number of halogens is 3. The van der Waals surface area contributed by atoms with Crippen LogP contribution < -0.4 is 16.0 Å². The van der Waals surface area contributed by atoms with E-state index in [-0.39, 0.29) is 28.1 Å². The highest BCUT2D eigenvalue weighted by molar-refractivity contribution is 9.10. The molecule has 2 heterocycles. The van der Waals surface area contributed by atoms with E-state index in [2.05, 4.69) is 42.0 Å². The van der Waals surface area contributed by atoms with Crippen LogP contribution in [0.1, 0.15) is 26.4 Å². The van der Waals surface area contributed by atoms with Crippen LogP contribution in [0, 0.1) is 6.92 Å². The molecule has 0 spiro atoms. The predicted octanol–water partition coefficient (Wildman–Crippen LogP) is 4.13. The first-order chi connectivity index (χ1) is 14.7. The van der Waals surface area contributed by atoms with E-state index < -0.39 is 5.91 Å². The van der Waals surface area contributed by atoms with Crippen LogP contribution in [0.15, 0.2) is 41.1 Å². The molecule has 160 valence electrons. The van der Waals surface area contributed by atoms with Crippen molar-refractivity contribution in [3.05, 3.63) is 68.0 Å². The van der Waals surface area contributed by atoms with Crippen LogP contribution in [0.3, 0.4) is 0 Å². The van der Waals surface area contributed by atoms with E-state index in [1.165, 1.54) is 30.1 Å². The van der Waals surface area contributed by atoms with Gasteiger partial charge in [-0.15, -0.1) is 0 Å². The Bertz CT molecular complexity index is 1200. The minimum atomic E-state index is -0.550. The number of amides is 2. The number of hydrogen-bond acceptors (Lipinski definition) is 5. The molecular formula is C19H15BrCl2N6O2S. The van der Waals surface area contributed by atoms with Crippen LogP contribution in [-0.2, 0) is 0 Å². The molecule has 0 saturated heterocycles. The van der Waals surface area contributed by atoms with E-state index in [4.69, 9.17) is 35.4 Å². The van der Waals surface area contributed by atoms with Gasteiger partial charge in [0, 0.05) is 24.3 Å². The normalized spacial score (nSPS) is 10.5. The topological polar surface area (TPSA) is 101 Å². The Morgan fingerprint density at radius 2 is 1.94 bits per heavy atom. The smallest absolute Gasteiger partial charge is 0.276 e. The molecule has 0 fully saturated rings. The number of aryl methyl sites for hydroxylation is 1. The maximum atomic E-state index is 12.9. The number of nitrogens with one attached hydrogen (secondary N) is 3. The van der Waals surface area contributed by atoms with E-state index in [9.17, 15) is 9.59 Å². The van der Waals surface area contributed by atoms with Crippen LogP contribution in [0.2, 0.25) is 10.0 Å². The minimum absolute atomic E-state index is 0.0171. The summed E-state index contributed by atoms with van der Waals surface area (Å²) in [6.45, 7) is 1.76. The molecule has 2 aromatic heterocycles. The molecule has 0 saturated carbocycles. The van der Waals surface area contributed by atoms with Gasteiger partial charge in [0.1, 0.15) is 10.3 Å². The van der Waals surface area contributed by atoms with Crippen LogP contribution in [0.4, 0.5) is 5.69 Å². The van der Waals surface area contributed by atoms with Gasteiger partial charge in [-0.3, -0.25) is 14.9 Å². The number of carbonyl (C=O) groups excluding carboxylic acids is 2. The van der Waals surface area contributed by atoms with Crippen LogP contribution in [0.5, 0.6) is 0 Å². The van der Waals surface area contributed by atoms with Crippen molar-refractivity contribution in [2.75, 3.05) is 12.4 Å². The first-order valence-electron chi connectivity index (χ1n) is 8.72. The molecule has 8 nitrogen and oxygen atoms in total. The summed E-state index contributed by atoms with van der Waals surface area (Å²) in [5.41, 5.74) is 1.54. The Morgan fingerprint density at radius 3 is 2.61 bits per heavy atom. The number of hydrogen-bond donors (Lipinski definition) is 3. The molecule has 0 radical (unpaired) electrons. The number of rotatable bonds is 4. The molecule has 0 atom stereocenters. The van der Waals surface area contributed by atoms with Gasteiger partial charge in [-0.2, -0.15) is 5.10 Å². The molecule has 3 N–H and O–H groups in total. The number of nitrogens with zero attached hydrogens (tertiary/aromatic N) is 3. The predicted molar refractivity (Wildman–Crippen MR) is 127 cm³/mol. The first-order valence-corrected chi connectivity index (χ1v) is 10.7. The number of benzene rings is 1. The zero-order chi connectivity index (χ0) is 22.7. The molecular weight excluding hydrogens is 527 g/mol. The minimum Gasteiger partial charge on any atom is -0.355 e.